The molecule has 0 saturated carbocycles. The number of hydrogen-bond donors (Lipinski definition) is 1. The molecule has 0 saturated heterocycles. The van der Waals surface area contributed by atoms with E-state index in [4.69, 9.17) is 0 Å². The molecule has 0 aliphatic carbocycles. The van der Waals surface area contributed by atoms with Gasteiger partial charge in [0.25, 0.3) is 0 Å². The van der Waals surface area contributed by atoms with E-state index in [1.807, 2.05) is 45.9 Å². The molecule has 0 spiro atoms. The average Bonchev–Trinajstić information content (AvgIpc) is 2.25. The maximum absolute atomic E-state index is 11.9. The maximum atomic E-state index is 11.9. The van der Waals surface area contributed by atoms with Crippen LogP contribution in [-0.2, 0) is 22.6 Å². The van der Waals surface area contributed by atoms with Crippen LogP contribution in [-0.4, -0.2) is 20.6 Å². The van der Waals surface area contributed by atoms with Crippen molar-refractivity contribution < 1.29 is 9.35 Å². The normalized spacial score (nSPS) is 13.8. The lowest BCUT2D eigenvalue weighted by Gasteiger charge is -2.17. The van der Waals surface area contributed by atoms with E-state index in [9.17, 15) is 9.35 Å². The van der Waals surface area contributed by atoms with Gasteiger partial charge in [-0.3, -0.25) is 4.79 Å². The summed E-state index contributed by atoms with van der Waals surface area (Å²) >= 11 is 2.50. The minimum absolute atomic E-state index is 0.197. The van der Waals surface area contributed by atoms with Crippen LogP contribution in [0.2, 0.25) is 0 Å². The Bertz CT molecular complexity index is 493. The van der Waals surface area contributed by atoms with Crippen molar-refractivity contribution in [2.75, 3.05) is 0 Å². The molecular formula is C14H19NO2S2. The molecule has 0 heterocycles. The van der Waals surface area contributed by atoms with Crippen LogP contribution in [0.3, 0.4) is 0 Å². The molecule has 0 aliphatic heterocycles. The summed E-state index contributed by atoms with van der Waals surface area (Å²) in [4.78, 5) is 11.1. The Morgan fingerprint density at radius 3 is 2.63 bits per heavy atom. The summed E-state index contributed by atoms with van der Waals surface area (Å²) in [5.74, 6) is 0. The predicted molar refractivity (Wildman–Crippen MR) is 84.4 cm³/mol. The van der Waals surface area contributed by atoms with Crippen LogP contribution in [0, 0.1) is 6.92 Å². The van der Waals surface area contributed by atoms with E-state index in [0.717, 1.165) is 16.7 Å². The van der Waals surface area contributed by atoms with Crippen molar-refractivity contribution in [2.24, 2.45) is 4.40 Å². The molecule has 1 atom stereocenters. The molecular weight excluding hydrogens is 278 g/mol. The van der Waals surface area contributed by atoms with E-state index < -0.39 is 11.4 Å². The Balaban J connectivity index is 3.00. The van der Waals surface area contributed by atoms with Gasteiger partial charge in [-0.25, -0.2) is 0 Å². The van der Waals surface area contributed by atoms with Gasteiger partial charge in [0.1, 0.15) is 16.1 Å². The Morgan fingerprint density at radius 2 is 2.11 bits per heavy atom. The molecule has 0 aliphatic rings. The number of benzene rings is 1. The molecule has 3 nitrogen and oxygen atoms in total. The van der Waals surface area contributed by atoms with E-state index in [2.05, 4.69) is 17.0 Å². The molecule has 1 unspecified atom stereocenters. The number of carbonyl (C=O) groups is 1. The average molecular weight is 297 g/mol. The monoisotopic (exact) mass is 297 g/mol. The third kappa shape index (κ3) is 5.38. The van der Waals surface area contributed by atoms with Gasteiger partial charge in [0.15, 0.2) is 5.12 Å². The topological polar surface area (TPSA) is 52.5 Å². The summed E-state index contributed by atoms with van der Waals surface area (Å²) in [5, 5.41) is -0.197. The largest absolute Gasteiger partial charge is 0.591 e. The third-order valence-electron chi connectivity index (χ3n) is 2.45. The van der Waals surface area contributed by atoms with Crippen LogP contribution in [0.25, 0.3) is 0 Å². The standard InChI is InChI=1S/C14H19NO2S2/c1-10-5-6-11(12(7-10)8-13(16)18)9-15-19(17)14(2,3)4/h5-7,9H,8H2,1-4H3,(H,16,18). The highest BCUT2D eigenvalue weighted by Gasteiger charge is 2.25. The van der Waals surface area contributed by atoms with Crippen molar-refractivity contribution in [3.05, 3.63) is 34.9 Å². The van der Waals surface area contributed by atoms with Gasteiger partial charge in [0, 0.05) is 12.0 Å². The van der Waals surface area contributed by atoms with Crippen LogP contribution in [0.4, 0.5) is 0 Å². The summed E-state index contributed by atoms with van der Waals surface area (Å²) in [6.45, 7) is 7.57. The number of aryl methyl sites for hydroxylation is 1. The summed E-state index contributed by atoms with van der Waals surface area (Å²) in [5.41, 5.74) is 2.74. The molecule has 104 valence electrons. The summed E-state index contributed by atoms with van der Waals surface area (Å²) in [6, 6.07) is 5.74. The van der Waals surface area contributed by atoms with Gasteiger partial charge in [-0.2, -0.15) is 0 Å². The molecule has 0 amide bonds. The highest BCUT2D eigenvalue weighted by molar-refractivity contribution is 7.96. The minimum Gasteiger partial charge on any atom is -0.591 e. The first-order valence-corrected chi connectivity index (χ1v) is 7.53. The van der Waals surface area contributed by atoms with Crippen LogP contribution in [0.5, 0.6) is 0 Å². The SMILES string of the molecule is Cc1ccc(C=N[S+]([O-])C(C)(C)C)c(CC(=O)S)c1. The van der Waals surface area contributed by atoms with Crippen molar-refractivity contribution in [2.45, 2.75) is 38.9 Å². The zero-order valence-corrected chi connectivity index (χ0v) is 13.3. The zero-order chi connectivity index (χ0) is 14.6. The fourth-order valence-electron chi connectivity index (χ4n) is 1.44. The number of thiol groups is 1. The van der Waals surface area contributed by atoms with Crippen molar-refractivity contribution in [1.29, 1.82) is 0 Å². The van der Waals surface area contributed by atoms with Gasteiger partial charge < -0.3 is 4.55 Å². The van der Waals surface area contributed by atoms with Gasteiger partial charge in [-0.05, 0) is 33.3 Å². The molecule has 0 N–H and O–H groups in total. The molecule has 0 radical (unpaired) electrons. The van der Waals surface area contributed by atoms with Crippen molar-refractivity contribution >= 4 is 35.3 Å². The summed E-state index contributed by atoms with van der Waals surface area (Å²) < 4.78 is 15.6. The molecule has 1 rings (SSSR count). The van der Waals surface area contributed by atoms with Crippen molar-refractivity contribution in [1.82, 2.24) is 0 Å². The first-order valence-electron chi connectivity index (χ1n) is 5.97. The molecule has 0 fully saturated rings. The molecule has 1 aromatic carbocycles. The number of carbonyl (C=O) groups excluding carboxylic acids is 1. The minimum atomic E-state index is -1.30. The third-order valence-corrected chi connectivity index (χ3v) is 3.95. The van der Waals surface area contributed by atoms with Gasteiger partial charge in [0.2, 0.25) is 0 Å². The second-order valence-corrected chi connectivity index (χ2v) is 7.80. The Labute approximate surface area is 123 Å². The Kier molecular flexibility index (Phi) is 5.64. The summed E-state index contributed by atoms with van der Waals surface area (Å²) in [7, 11) is 0. The smallest absolute Gasteiger partial charge is 0.190 e. The molecule has 1 aromatic rings. The van der Waals surface area contributed by atoms with Crippen LogP contribution < -0.4 is 0 Å². The molecule has 0 aromatic heterocycles. The Hall–Kier alpha value is -0.780. The number of hydrogen-bond acceptors (Lipinski definition) is 3. The van der Waals surface area contributed by atoms with Crippen LogP contribution in [0.15, 0.2) is 22.6 Å². The van der Waals surface area contributed by atoms with Gasteiger partial charge in [-0.1, -0.05) is 28.2 Å². The second-order valence-electron chi connectivity index (χ2n) is 5.37. The maximum Gasteiger partial charge on any atom is 0.190 e. The van der Waals surface area contributed by atoms with Crippen LogP contribution in [0.1, 0.15) is 37.5 Å². The van der Waals surface area contributed by atoms with E-state index in [1.54, 1.807) is 6.21 Å². The highest BCUT2D eigenvalue weighted by atomic mass is 32.2. The highest BCUT2D eigenvalue weighted by Crippen LogP contribution is 2.18. The van der Waals surface area contributed by atoms with Crippen LogP contribution >= 0.6 is 12.6 Å². The van der Waals surface area contributed by atoms with Crippen molar-refractivity contribution in [3.8, 4) is 0 Å². The molecule has 5 heteroatoms. The number of rotatable bonds is 4. The lowest BCUT2D eigenvalue weighted by molar-refractivity contribution is -0.110. The first-order chi connectivity index (χ1) is 8.70. The van der Waals surface area contributed by atoms with Gasteiger partial charge in [-0.15, -0.1) is 12.6 Å². The molecule has 19 heavy (non-hydrogen) atoms. The summed E-state index contributed by atoms with van der Waals surface area (Å²) in [6.07, 6.45) is 1.82. The predicted octanol–water partition coefficient (Wildman–Crippen LogP) is 2.88. The van der Waals surface area contributed by atoms with Gasteiger partial charge >= 0.3 is 0 Å². The van der Waals surface area contributed by atoms with Crippen molar-refractivity contribution in [3.63, 3.8) is 0 Å². The van der Waals surface area contributed by atoms with E-state index >= 15 is 0 Å². The Morgan fingerprint density at radius 1 is 1.47 bits per heavy atom. The quantitative estimate of drug-likeness (QED) is 0.528. The zero-order valence-electron chi connectivity index (χ0n) is 11.6. The lowest BCUT2D eigenvalue weighted by Crippen LogP contribution is -2.25. The molecule has 0 bridgehead atoms. The fraction of sp³-hybridized carbons (Fsp3) is 0.429. The van der Waals surface area contributed by atoms with E-state index in [1.165, 1.54) is 0 Å². The second kappa shape index (κ2) is 6.59. The van der Waals surface area contributed by atoms with Gasteiger partial charge in [0.05, 0.1) is 6.21 Å². The fourth-order valence-corrected chi connectivity index (χ4v) is 2.14. The lowest BCUT2D eigenvalue weighted by atomic mass is 10.0. The number of nitrogens with zero attached hydrogens (tertiary/aromatic N) is 1. The van der Waals surface area contributed by atoms with E-state index in [0.29, 0.717) is 0 Å². The van der Waals surface area contributed by atoms with E-state index in [-0.39, 0.29) is 16.3 Å². The first kappa shape index (κ1) is 16.3.